The van der Waals surface area contributed by atoms with E-state index in [0.29, 0.717) is 10.7 Å². The molecule has 32 heavy (non-hydrogen) atoms. The molecule has 0 amide bonds. The topological polar surface area (TPSA) is 52.0 Å². The molecule has 1 aliphatic carbocycles. The van der Waals surface area contributed by atoms with Gasteiger partial charge in [-0.2, -0.15) is 0 Å². The first-order valence-corrected chi connectivity index (χ1v) is 12.5. The molecule has 0 radical (unpaired) electrons. The Balaban J connectivity index is 1.60. The third-order valence-electron chi connectivity index (χ3n) is 6.17. The van der Waals surface area contributed by atoms with E-state index in [0.717, 1.165) is 46.3 Å². The summed E-state index contributed by atoms with van der Waals surface area (Å²) in [5, 5.41) is 0.949. The van der Waals surface area contributed by atoms with Crippen molar-refractivity contribution < 1.29 is 4.79 Å². The molecule has 1 aliphatic rings. The predicted molar refractivity (Wildman–Crippen MR) is 133 cm³/mol. The number of thioether (sulfide) groups is 1. The number of rotatable bonds is 5. The van der Waals surface area contributed by atoms with Gasteiger partial charge in [0.1, 0.15) is 4.83 Å². The molecular weight excluding hydrogens is 436 g/mol. The number of hydrogen-bond acceptors (Lipinski definition) is 5. The summed E-state index contributed by atoms with van der Waals surface area (Å²) in [5.41, 5.74) is 4.87. The van der Waals surface area contributed by atoms with Gasteiger partial charge in [-0.05, 0) is 74.9 Å². The number of ketones is 1. The second kappa shape index (κ2) is 8.34. The Morgan fingerprint density at radius 2 is 1.88 bits per heavy atom. The Morgan fingerprint density at radius 1 is 1.09 bits per heavy atom. The Hall–Kier alpha value is -2.70. The lowest BCUT2D eigenvalue weighted by atomic mass is 10.0. The Morgan fingerprint density at radius 3 is 2.62 bits per heavy atom. The molecule has 4 aromatic rings. The van der Waals surface area contributed by atoms with Gasteiger partial charge < -0.3 is 0 Å². The summed E-state index contributed by atoms with van der Waals surface area (Å²) >= 11 is 2.99. The van der Waals surface area contributed by atoms with Crippen LogP contribution in [-0.2, 0) is 12.8 Å². The summed E-state index contributed by atoms with van der Waals surface area (Å²) in [6.07, 6.45) is 3.06. The maximum absolute atomic E-state index is 13.7. The lowest BCUT2D eigenvalue weighted by Crippen LogP contribution is -2.23. The Labute approximate surface area is 195 Å². The summed E-state index contributed by atoms with van der Waals surface area (Å²) in [7, 11) is 0. The quantitative estimate of drug-likeness (QED) is 0.211. The number of carbonyl (C=O) groups excluding carboxylic acids is 1. The van der Waals surface area contributed by atoms with E-state index in [1.54, 1.807) is 15.9 Å². The van der Waals surface area contributed by atoms with Crippen LogP contribution in [0.3, 0.4) is 0 Å². The maximum atomic E-state index is 13.7. The molecule has 6 heteroatoms. The molecule has 0 spiro atoms. The van der Waals surface area contributed by atoms with Crippen molar-refractivity contribution in [1.29, 1.82) is 0 Å². The monoisotopic (exact) mass is 460 g/mol. The van der Waals surface area contributed by atoms with Crippen LogP contribution in [0.4, 0.5) is 0 Å². The molecule has 1 atom stereocenters. The number of aryl methyl sites for hydroxylation is 4. The van der Waals surface area contributed by atoms with Crippen molar-refractivity contribution in [1.82, 2.24) is 9.55 Å². The minimum Gasteiger partial charge on any atom is -0.293 e. The van der Waals surface area contributed by atoms with Crippen LogP contribution < -0.4 is 5.56 Å². The summed E-state index contributed by atoms with van der Waals surface area (Å²) in [6.45, 7) is 5.95. The number of carbonyl (C=O) groups is 1. The van der Waals surface area contributed by atoms with Crippen LogP contribution in [0.25, 0.3) is 15.9 Å². The van der Waals surface area contributed by atoms with E-state index < -0.39 is 0 Å². The van der Waals surface area contributed by atoms with E-state index in [2.05, 4.69) is 0 Å². The highest BCUT2D eigenvalue weighted by atomic mass is 32.2. The predicted octanol–water partition coefficient (Wildman–Crippen LogP) is 5.92. The highest BCUT2D eigenvalue weighted by molar-refractivity contribution is 8.00. The summed E-state index contributed by atoms with van der Waals surface area (Å²) in [6, 6.07) is 15.4. The zero-order chi connectivity index (χ0) is 22.4. The van der Waals surface area contributed by atoms with Gasteiger partial charge in [0.05, 0.1) is 16.3 Å². The van der Waals surface area contributed by atoms with E-state index >= 15 is 0 Å². The lowest BCUT2D eigenvalue weighted by molar-refractivity contribution is 0.0993. The Kier molecular flexibility index (Phi) is 5.51. The molecule has 0 fully saturated rings. The van der Waals surface area contributed by atoms with E-state index in [4.69, 9.17) is 4.98 Å². The average molecular weight is 461 g/mol. The number of Topliss-reactive ketones (excluding diaryl/α,β-unsaturated/α-hetero) is 1. The zero-order valence-corrected chi connectivity index (χ0v) is 20.0. The van der Waals surface area contributed by atoms with E-state index in [9.17, 15) is 9.59 Å². The van der Waals surface area contributed by atoms with Crippen LogP contribution in [-0.4, -0.2) is 20.6 Å². The average Bonchev–Trinajstić information content (AvgIpc) is 3.37. The first-order chi connectivity index (χ1) is 15.4. The lowest BCUT2D eigenvalue weighted by Gasteiger charge is -2.16. The van der Waals surface area contributed by atoms with Gasteiger partial charge in [-0.25, -0.2) is 4.98 Å². The van der Waals surface area contributed by atoms with Crippen LogP contribution >= 0.6 is 23.1 Å². The van der Waals surface area contributed by atoms with Crippen molar-refractivity contribution in [3.8, 4) is 5.69 Å². The fourth-order valence-electron chi connectivity index (χ4n) is 4.25. The Bertz CT molecular complexity index is 1400. The molecule has 0 saturated carbocycles. The van der Waals surface area contributed by atoms with Crippen molar-refractivity contribution in [3.63, 3.8) is 0 Å². The molecule has 2 aromatic carbocycles. The fourth-order valence-corrected chi connectivity index (χ4v) is 6.56. The van der Waals surface area contributed by atoms with Crippen molar-refractivity contribution in [3.05, 3.63) is 86.0 Å². The maximum Gasteiger partial charge on any atom is 0.267 e. The number of hydrogen-bond donors (Lipinski definition) is 0. The molecular formula is C26H24N2O2S2. The first-order valence-electron chi connectivity index (χ1n) is 10.8. The highest BCUT2D eigenvalue weighted by Crippen LogP contribution is 2.36. The van der Waals surface area contributed by atoms with Gasteiger partial charge in [-0.1, -0.05) is 42.1 Å². The van der Waals surface area contributed by atoms with Crippen molar-refractivity contribution in [2.45, 2.75) is 50.4 Å². The smallest absolute Gasteiger partial charge is 0.267 e. The van der Waals surface area contributed by atoms with Gasteiger partial charge >= 0.3 is 0 Å². The summed E-state index contributed by atoms with van der Waals surface area (Å²) in [5.74, 6) is 0.0423. The third kappa shape index (κ3) is 3.61. The largest absolute Gasteiger partial charge is 0.293 e. The number of benzene rings is 2. The van der Waals surface area contributed by atoms with Crippen LogP contribution in [0.15, 0.2) is 58.5 Å². The van der Waals surface area contributed by atoms with Crippen molar-refractivity contribution in [2.24, 2.45) is 0 Å². The fraction of sp³-hybridized carbons (Fsp3) is 0.269. The molecule has 0 N–H and O–H groups in total. The van der Waals surface area contributed by atoms with Gasteiger partial charge in [-0.3, -0.25) is 14.2 Å². The van der Waals surface area contributed by atoms with Crippen LogP contribution in [0.5, 0.6) is 0 Å². The molecule has 0 aliphatic heterocycles. The normalized spacial score (nSPS) is 14.0. The minimum atomic E-state index is -0.372. The molecule has 2 heterocycles. The van der Waals surface area contributed by atoms with E-state index in [-0.39, 0.29) is 16.6 Å². The zero-order valence-electron chi connectivity index (χ0n) is 18.3. The van der Waals surface area contributed by atoms with Crippen LogP contribution in [0.1, 0.15) is 45.3 Å². The molecule has 2 aromatic heterocycles. The molecule has 162 valence electrons. The van der Waals surface area contributed by atoms with Crippen molar-refractivity contribution >= 4 is 39.1 Å². The molecule has 4 nitrogen and oxygen atoms in total. The van der Waals surface area contributed by atoms with Gasteiger partial charge in [-0.15, -0.1) is 11.3 Å². The second-order valence-electron chi connectivity index (χ2n) is 8.33. The summed E-state index contributed by atoms with van der Waals surface area (Å²) < 4.78 is 1.68. The standard InChI is InChI=1S/C26H24N2O2S2/c1-15-12-13-18(14-16(15)2)23(29)17(3)31-26-27-24-22(20-10-7-11-21(20)32-24)25(30)28(26)19-8-5-4-6-9-19/h4-6,8-9,12-14,17H,7,10-11H2,1-3H3. The number of para-hydroxylation sites is 1. The van der Waals surface area contributed by atoms with Crippen LogP contribution in [0.2, 0.25) is 0 Å². The molecule has 1 unspecified atom stereocenters. The number of aromatic nitrogens is 2. The third-order valence-corrected chi connectivity index (χ3v) is 8.40. The first kappa shape index (κ1) is 21.2. The van der Waals surface area contributed by atoms with Crippen LogP contribution in [0, 0.1) is 13.8 Å². The minimum absolute atomic E-state index is 0.0334. The number of nitrogens with zero attached hydrogens (tertiary/aromatic N) is 2. The van der Waals surface area contributed by atoms with Gasteiger partial charge in [0.2, 0.25) is 0 Å². The molecule has 0 saturated heterocycles. The second-order valence-corrected chi connectivity index (χ2v) is 10.7. The SMILES string of the molecule is Cc1ccc(C(=O)C(C)Sc2nc3sc4c(c3c(=O)n2-c2ccccc2)CCC4)cc1C. The molecule has 0 bridgehead atoms. The van der Waals surface area contributed by atoms with Gasteiger partial charge in [0, 0.05) is 10.4 Å². The summed E-state index contributed by atoms with van der Waals surface area (Å²) in [4.78, 5) is 33.9. The van der Waals surface area contributed by atoms with Gasteiger partial charge in [0.15, 0.2) is 10.9 Å². The van der Waals surface area contributed by atoms with Gasteiger partial charge in [0.25, 0.3) is 5.56 Å². The van der Waals surface area contributed by atoms with E-state index in [1.165, 1.54) is 22.2 Å². The number of fused-ring (bicyclic) bond motifs is 3. The van der Waals surface area contributed by atoms with Crippen molar-refractivity contribution in [2.75, 3.05) is 0 Å². The van der Waals surface area contributed by atoms with E-state index in [1.807, 2.05) is 69.3 Å². The number of thiophene rings is 1. The molecule has 5 rings (SSSR count). The highest BCUT2D eigenvalue weighted by Gasteiger charge is 2.26.